The lowest BCUT2D eigenvalue weighted by Crippen LogP contribution is -2.57. The van der Waals surface area contributed by atoms with Gasteiger partial charge in [0.25, 0.3) is 11.8 Å². The van der Waals surface area contributed by atoms with Crippen LogP contribution >= 0.6 is 0 Å². The molecule has 0 aromatic heterocycles. The maximum absolute atomic E-state index is 13.8. The molecule has 4 aromatic rings. The van der Waals surface area contributed by atoms with E-state index in [2.05, 4.69) is 0 Å². The minimum atomic E-state index is -0.695. The highest BCUT2D eigenvalue weighted by molar-refractivity contribution is 6.46. The first-order valence-electron chi connectivity index (χ1n) is 11.0. The molecule has 5 heteroatoms. The van der Waals surface area contributed by atoms with E-state index in [0.717, 1.165) is 37.3 Å². The van der Waals surface area contributed by atoms with Gasteiger partial charge in [0.1, 0.15) is 5.57 Å². The highest BCUT2D eigenvalue weighted by atomic mass is 16.2. The van der Waals surface area contributed by atoms with Crippen LogP contribution in [0, 0.1) is 13.8 Å². The van der Waals surface area contributed by atoms with Gasteiger partial charge >= 0.3 is 6.03 Å². The van der Waals surface area contributed by atoms with Gasteiger partial charge in [-0.3, -0.25) is 9.59 Å². The molecule has 0 bridgehead atoms. The van der Waals surface area contributed by atoms with Crippen LogP contribution in [0.4, 0.5) is 16.2 Å². The maximum Gasteiger partial charge on any atom is 0.343 e. The van der Waals surface area contributed by atoms with Crippen molar-refractivity contribution in [3.8, 4) is 0 Å². The minimum Gasteiger partial charge on any atom is -0.268 e. The zero-order valence-corrected chi connectivity index (χ0v) is 18.9. The molecule has 1 fully saturated rings. The summed E-state index contributed by atoms with van der Waals surface area (Å²) >= 11 is 0. The number of hydrogen-bond donors (Lipinski definition) is 0. The number of nitrogens with zero attached hydrogens (tertiary/aromatic N) is 2. The quantitative estimate of drug-likeness (QED) is 0.285. The van der Waals surface area contributed by atoms with Gasteiger partial charge < -0.3 is 0 Å². The zero-order chi connectivity index (χ0) is 23.8. The average Bonchev–Trinajstić information content (AvgIpc) is 2.83. The van der Waals surface area contributed by atoms with Crippen molar-refractivity contribution < 1.29 is 14.4 Å². The number of aryl methyl sites for hydroxylation is 2. The Morgan fingerprint density at radius 3 is 2.15 bits per heavy atom. The third kappa shape index (κ3) is 3.57. The van der Waals surface area contributed by atoms with Crippen molar-refractivity contribution in [1.82, 2.24) is 0 Å². The summed E-state index contributed by atoms with van der Waals surface area (Å²) in [6, 6.07) is 26.9. The molecule has 4 amide bonds. The predicted molar refractivity (Wildman–Crippen MR) is 135 cm³/mol. The van der Waals surface area contributed by atoms with Gasteiger partial charge in [-0.25, -0.2) is 14.6 Å². The predicted octanol–water partition coefficient (Wildman–Crippen LogP) is 6.04. The fourth-order valence-corrected chi connectivity index (χ4v) is 4.24. The fraction of sp³-hybridized carbons (Fsp3) is 0.0690. The fourth-order valence-electron chi connectivity index (χ4n) is 4.24. The van der Waals surface area contributed by atoms with Gasteiger partial charge in [0.15, 0.2) is 0 Å². The standard InChI is InChI=1S/C29H22N2O3/c1-19-9-7-14-23(17-19)30-27(32)25(18-22-12-4-3-10-20(22)2)28(33)31(29(30)34)26-16-8-13-21-11-5-6-15-24(21)26/h3-18H,1-2H3/b25-18+. The Balaban J connectivity index is 1.74. The molecule has 1 heterocycles. The molecule has 1 saturated heterocycles. The Bertz CT molecular complexity index is 1500. The molecule has 0 saturated carbocycles. The van der Waals surface area contributed by atoms with Crippen LogP contribution in [0.2, 0.25) is 0 Å². The van der Waals surface area contributed by atoms with Crippen LogP contribution < -0.4 is 9.80 Å². The SMILES string of the molecule is Cc1cccc(N2C(=O)/C(=C\c3ccccc3C)C(=O)N(c3cccc4ccccc34)C2=O)c1. The Morgan fingerprint density at radius 2 is 1.35 bits per heavy atom. The van der Waals surface area contributed by atoms with Crippen molar-refractivity contribution in [2.45, 2.75) is 13.8 Å². The molecule has 0 radical (unpaired) electrons. The molecule has 1 aliphatic heterocycles. The molecule has 4 aromatic carbocycles. The van der Waals surface area contributed by atoms with Crippen LogP contribution in [0.15, 0.2) is 96.6 Å². The molecule has 0 spiro atoms. The third-order valence-electron chi connectivity index (χ3n) is 6.01. The van der Waals surface area contributed by atoms with Crippen molar-refractivity contribution >= 4 is 46.1 Å². The van der Waals surface area contributed by atoms with E-state index < -0.39 is 17.8 Å². The highest BCUT2D eigenvalue weighted by Gasteiger charge is 2.44. The monoisotopic (exact) mass is 446 g/mol. The molecule has 34 heavy (non-hydrogen) atoms. The number of anilines is 2. The number of barbiturate groups is 1. The number of carbonyl (C=O) groups is 3. The highest BCUT2D eigenvalue weighted by Crippen LogP contribution is 2.34. The first-order chi connectivity index (χ1) is 16.5. The second-order valence-corrected chi connectivity index (χ2v) is 8.32. The van der Waals surface area contributed by atoms with Crippen LogP contribution in [0.3, 0.4) is 0 Å². The number of fused-ring (bicyclic) bond motifs is 1. The lowest BCUT2D eigenvalue weighted by molar-refractivity contribution is -0.121. The zero-order valence-electron chi connectivity index (χ0n) is 18.9. The number of rotatable bonds is 3. The van der Waals surface area contributed by atoms with Crippen LogP contribution in [0.5, 0.6) is 0 Å². The molecule has 0 atom stereocenters. The van der Waals surface area contributed by atoms with E-state index in [1.54, 1.807) is 36.4 Å². The van der Waals surface area contributed by atoms with Crippen molar-refractivity contribution in [2.75, 3.05) is 9.80 Å². The number of urea groups is 1. The smallest absolute Gasteiger partial charge is 0.268 e. The van der Waals surface area contributed by atoms with Crippen LogP contribution in [-0.2, 0) is 9.59 Å². The first-order valence-corrected chi connectivity index (χ1v) is 11.0. The number of carbonyl (C=O) groups excluding carboxylic acids is 3. The van der Waals surface area contributed by atoms with E-state index in [1.807, 2.05) is 74.5 Å². The van der Waals surface area contributed by atoms with Gasteiger partial charge in [-0.15, -0.1) is 0 Å². The van der Waals surface area contributed by atoms with Crippen molar-refractivity contribution in [3.05, 3.63) is 113 Å². The lowest BCUT2D eigenvalue weighted by Gasteiger charge is -2.34. The summed E-state index contributed by atoms with van der Waals surface area (Å²) in [5.41, 5.74) is 3.36. The molecule has 166 valence electrons. The average molecular weight is 447 g/mol. The van der Waals surface area contributed by atoms with Gasteiger partial charge in [-0.2, -0.15) is 0 Å². The third-order valence-corrected chi connectivity index (χ3v) is 6.01. The van der Waals surface area contributed by atoms with Gasteiger partial charge in [-0.05, 0) is 60.2 Å². The summed E-state index contributed by atoms with van der Waals surface area (Å²) in [6.45, 7) is 3.80. The molecular weight excluding hydrogens is 424 g/mol. The largest absolute Gasteiger partial charge is 0.343 e. The Hall–Kier alpha value is -4.51. The molecule has 0 aliphatic carbocycles. The molecular formula is C29H22N2O3. The molecule has 5 nitrogen and oxygen atoms in total. The normalized spacial score (nSPS) is 15.5. The first kappa shape index (κ1) is 21.3. The van der Waals surface area contributed by atoms with E-state index in [0.29, 0.717) is 11.4 Å². The summed E-state index contributed by atoms with van der Waals surface area (Å²) in [5.74, 6) is -1.28. The Kier molecular flexibility index (Phi) is 5.30. The van der Waals surface area contributed by atoms with Crippen molar-refractivity contribution in [3.63, 3.8) is 0 Å². The number of benzene rings is 4. The van der Waals surface area contributed by atoms with E-state index in [9.17, 15) is 14.4 Å². The van der Waals surface area contributed by atoms with Crippen LogP contribution in [0.1, 0.15) is 16.7 Å². The van der Waals surface area contributed by atoms with Gasteiger partial charge in [0.05, 0.1) is 11.4 Å². The summed E-state index contributed by atoms with van der Waals surface area (Å²) in [6.07, 6.45) is 1.58. The Morgan fingerprint density at radius 1 is 0.676 bits per heavy atom. The minimum absolute atomic E-state index is 0.0664. The summed E-state index contributed by atoms with van der Waals surface area (Å²) in [7, 11) is 0. The van der Waals surface area contributed by atoms with E-state index >= 15 is 0 Å². The second kappa shape index (κ2) is 8.45. The van der Waals surface area contributed by atoms with Gasteiger partial charge in [0.2, 0.25) is 0 Å². The van der Waals surface area contributed by atoms with Crippen LogP contribution in [-0.4, -0.2) is 17.8 Å². The number of amides is 4. The van der Waals surface area contributed by atoms with Gasteiger partial charge in [-0.1, -0.05) is 72.8 Å². The van der Waals surface area contributed by atoms with Crippen LogP contribution in [0.25, 0.3) is 16.8 Å². The number of hydrogen-bond acceptors (Lipinski definition) is 3. The van der Waals surface area contributed by atoms with Crippen molar-refractivity contribution in [2.24, 2.45) is 0 Å². The molecule has 1 aliphatic rings. The molecule has 5 rings (SSSR count). The lowest BCUT2D eigenvalue weighted by atomic mass is 10.0. The van der Waals surface area contributed by atoms with E-state index in [4.69, 9.17) is 0 Å². The summed E-state index contributed by atoms with van der Waals surface area (Å²) < 4.78 is 0. The molecule has 0 unspecified atom stereocenters. The maximum atomic E-state index is 13.8. The van der Waals surface area contributed by atoms with E-state index in [1.165, 1.54) is 0 Å². The second-order valence-electron chi connectivity index (χ2n) is 8.32. The number of imide groups is 2. The van der Waals surface area contributed by atoms with Gasteiger partial charge in [0, 0.05) is 5.39 Å². The van der Waals surface area contributed by atoms with E-state index in [-0.39, 0.29) is 5.57 Å². The van der Waals surface area contributed by atoms with Crippen molar-refractivity contribution in [1.29, 1.82) is 0 Å². The molecule has 0 N–H and O–H groups in total. The summed E-state index contributed by atoms with van der Waals surface area (Å²) in [4.78, 5) is 43.3. The summed E-state index contributed by atoms with van der Waals surface area (Å²) in [5, 5.41) is 1.64. The topological polar surface area (TPSA) is 57.7 Å². The Labute approximate surface area is 197 Å².